The maximum atomic E-state index is 12.6. The van der Waals surface area contributed by atoms with E-state index in [1.165, 1.54) is 23.0 Å². The molecule has 0 spiro atoms. The zero-order valence-electron chi connectivity index (χ0n) is 11.8. The van der Waals surface area contributed by atoms with Crippen LogP contribution >= 0.6 is 0 Å². The number of alkyl halides is 3. The Kier molecular flexibility index (Phi) is 2.68. The Morgan fingerprint density at radius 2 is 1.83 bits per heavy atom. The first-order valence-corrected chi connectivity index (χ1v) is 6.67. The fraction of sp³-hybridized carbons (Fsp3) is 0.143. The van der Waals surface area contributed by atoms with E-state index >= 15 is 0 Å². The maximum absolute atomic E-state index is 12.6. The van der Waals surface area contributed by atoms with Crippen molar-refractivity contribution in [2.45, 2.75) is 13.1 Å². The van der Waals surface area contributed by atoms with Crippen molar-refractivity contribution >= 4 is 16.8 Å². The number of hydrogen-bond donors (Lipinski definition) is 1. The van der Waals surface area contributed by atoms with Crippen LogP contribution in [-0.4, -0.2) is 29.5 Å². The van der Waals surface area contributed by atoms with E-state index in [1.807, 2.05) is 0 Å². The summed E-state index contributed by atoms with van der Waals surface area (Å²) in [5, 5.41) is 4.32. The van der Waals surface area contributed by atoms with Crippen molar-refractivity contribution in [2.24, 2.45) is 0 Å². The topological polar surface area (TPSA) is 71.8 Å². The van der Waals surface area contributed by atoms with E-state index in [-0.39, 0.29) is 0 Å². The molecule has 116 valence electrons. The average Bonchev–Trinajstić information content (AvgIpc) is 3.12. The van der Waals surface area contributed by atoms with Gasteiger partial charge in [-0.3, -0.25) is 0 Å². The van der Waals surface area contributed by atoms with Gasteiger partial charge in [-0.2, -0.15) is 17.7 Å². The Labute approximate surface area is 127 Å². The number of H-pyrrole nitrogens is 1. The average molecular weight is 318 g/mol. The van der Waals surface area contributed by atoms with Crippen molar-refractivity contribution in [2.75, 3.05) is 0 Å². The van der Waals surface area contributed by atoms with Gasteiger partial charge >= 0.3 is 6.18 Å². The zero-order valence-corrected chi connectivity index (χ0v) is 11.8. The molecule has 23 heavy (non-hydrogen) atoms. The highest BCUT2D eigenvalue weighted by molar-refractivity contribution is 5.85. The van der Waals surface area contributed by atoms with Crippen molar-refractivity contribution in [1.29, 1.82) is 0 Å². The Morgan fingerprint density at radius 3 is 2.52 bits per heavy atom. The van der Waals surface area contributed by atoms with Crippen LogP contribution in [0.2, 0.25) is 0 Å². The minimum atomic E-state index is -4.37. The molecule has 0 saturated carbocycles. The third kappa shape index (κ3) is 2.12. The number of nitrogens with one attached hydrogen (secondary N) is 1. The van der Waals surface area contributed by atoms with Gasteiger partial charge in [-0.1, -0.05) is 12.1 Å². The highest BCUT2D eigenvalue weighted by Crippen LogP contribution is 2.30. The van der Waals surface area contributed by atoms with Crippen LogP contribution in [0.3, 0.4) is 0 Å². The molecule has 0 radical (unpaired) electrons. The van der Waals surface area contributed by atoms with Crippen molar-refractivity contribution < 1.29 is 13.2 Å². The van der Waals surface area contributed by atoms with Crippen molar-refractivity contribution in [1.82, 2.24) is 29.5 Å². The van der Waals surface area contributed by atoms with Gasteiger partial charge in [-0.25, -0.2) is 15.0 Å². The lowest BCUT2D eigenvalue weighted by molar-refractivity contribution is -0.137. The molecule has 3 heterocycles. The Balaban J connectivity index is 1.87. The number of rotatable bonds is 1. The number of imidazole rings is 1. The fourth-order valence-corrected chi connectivity index (χ4v) is 2.37. The summed E-state index contributed by atoms with van der Waals surface area (Å²) in [5.74, 6) is 0.913. The molecule has 0 bridgehead atoms. The summed E-state index contributed by atoms with van der Waals surface area (Å²) in [7, 11) is 0. The third-order valence-electron chi connectivity index (χ3n) is 3.49. The second kappa shape index (κ2) is 4.51. The van der Waals surface area contributed by atoms with Crippen molar-refractivity contribution in [3.8, 4) is 11.4 Å². The second-order valence-electron chi connectivity index (χ2n) is 5.01. The lowest BCUT2D eigenvalue weighted by Gasteiger charge is -2.05. The van der Waals surface area contributed by atoms with Gasteiger partial charge in [0.15, 0.2) is 17.1 Å². The van der Waals surface area contributed by atoms with Crippen molar-refractivity contribution in [3.63, 3.8) is 0 Å². The predicted octanol–water partition coefficient (Wildman–Crippen LogP) is 2.99. The largest absolute Gasteiger partial charge is 0.416 e. The van der Waals surface area contributed by atoms with E-state index in [4.69, 9.17) is 0 Å². The molecule has 0 aliphatic rings. The molecule has 0 amide bonds. The lowest BCUT2D eigenvalue weighted by Crippen LogP contribution is -2.04. The molecule has 4 rings (SSSR count). The molecule has 0 atom stereocenters. The van der Waals surface area contributed by atoms with Gasteiger partial charge in [0.25, 0.3) is 0 Å². The molecule has 1 aromatic carbocycles. The van der Waals surface area contributed by atoms with E-state index in [9.17, 15) is 13.2 Å². The number of hydrogen-bond acceptors (Lipinski definition) is 4. The van der Waals surface area contributed by atoms with Crippen LogP contribution in [0.25, 0.3) is 28.2 Å². The van der Waals surface area contributed by atoms with E-state index < -0.39 is 11.7 Å². The summed E-state index contributed by atoms with van der Waals surface area (Å²) in [6, 6.07) is 4.73. The maximum Gasteiger partial charge on any atom is 0.416 e. The van der Waals surface area contributed by atoms with Crippen LogP contribution in [-0.2, 0) is 6.18 Å². The van der Waals surface area contributed by atoms with Crippen molar-refractivity contribution in [3.05, 3.63) is 42.0 Å². The Bertz CT molecular complexity index is 1010. The Morgan fingerprint density at radius 1 is 1.09 bits per heavy atom. The number of benzene rings is 1. The predicted molar refractivity (Wildman–Crippen MR) is 75.6 cm³/mol. The first kappa shape index (κ1) is 13.7. The number of halogens is 3. The highest BCUT2D eigenvalue weighted by atomic mass is 19.4. The zero-order chi connectivity index (χ0) is 16.2. The molecule has 0 fully saturated rings. The summed E-state index contributed by atoms with van der Waals surface area (Å²) in [6.07, 6.45) is -2.86. The quantitative estimate of drug-likeness (QED) is 0.585. The molecule has 3 aromatic heterocycles. The second-order valence-corrected chi connectivity index (χ2v) is 5.01. The van der Waals surface area contributed by atoms with Gasteiger partial charge in [-0.15, -0.1) is 5.10 Å². The van der Waals surface area contributed by atoms with Crippen LogP contribution in [0.1, 0.15) is 11.4 Å². The summed E-state index contributed by atoms with van der Waals surface area (Å²) in [6.45, 7) is 1.76. The van der Waals surface area contributed by atoms with Crippen LogP contribution in [0, 0.1) is 6.92 Å². The fourth-order valence-electron chi connectivity index (χ4n) is 2.37. The molecule has 9 heteroatoms. The summed E-state index contributed by atoms with van der Waals surface area (Å²) >= 11 is 0. The summed E-state index contributed by atoms with van der Waals surface area (Å²) < 4.78 is 39.4. The first-order chi connectivity index (χ1) is 10.9. The smallest absolute Gasteiger partial charge is 0.340 e. The SMILES string of the molecule is Cc1nc2nc[nH]c2c2nc(-c3ccc(C(F)(F)F)cc3)nn12. The lowest BCUT2D eigenvalue weighted by atomic mass is 10.1. The van der Waals surface area contributed by atoms with Gasteiger partial charge in [0.05, 0.1) is 11.9 Å². The minimum absolute atomic E-state index is 0.325. The van der Waals surface area contributed by atoms with Gasteiger partial charge in [0, 0.05) is 5.56 Å². The molecule has 0 saturated heterocycles. The van der Waals surface area contributed by atoms with Crippen LogP contribution in [0.15, 0.2) is 30.6 Å². The molecular formula is C14H9F3N6. The van der Waals surface area contributed by atoms with E-state index in [2.05, 4.69) is 25.0 Å². The summed E-state index contributed by atoms with van der Waals surface area (Å²) in [4.78, 5) is 15.7. The number of nitrogens with zero attached hydrogens (tertiary/aromatic N) is 5. The normalized spacial score (nSPS) is 12.3. The van der Waals surface area contributed by atoms with E-state index in [1.54, 1.807) is 6.92 Å². The molecule has 0 aliphatic carbocycles. The summed E-state index contributed by atoms with van der Waals surface area (Å²) in [5.41, 5.74) is 1.45. The van der Waals surface area contributed by atoms with Crippen LogP contribution in [0.4, 0.5) is 13.2 Å². The molecule has 4 aromatic rings. The monoisotopic (exact) mass is 318 g/mol. The van der Waals surface area contributed by atoms with Gasteiger partial charge in [-0.05, 0) is 19.1 Å². The minimum Gasteiger partial charge on any atom is -0.340 e. The van der Waals surface area contributed by atoms with Crippen LogP contribution < -0.4 is 0 Å². The number of aromatic nitrogens is 6. The molecule has 0 unspecified atom stereocenters. The molecule has 6 nitrogen and oxygen atoms in total. The highest BCUT2D eigenvalue weighted by Gasteiger charge is 2.30. The molecule has 1 N–H and O–H groups in total. The van der Waals surface area contributed by atoms with Gasteiger partial charge < -0.3 is 4.98 Å². The van der Waals surface area contributed by atoms with E-state index in [0.717, 1.165) is 12.1 Å². The Hall–Kier alpha value is -2.97. The first-order valence-electron chi connectivity index (χ1n) is 6.67. The van der Waals surface area contributed by atoms with Gasteiger partial charge in [0.1, 0.15) is 11.3 Å². The third-order valence-corrected chi connectivity index (χ3v) is 3.49. The van der Waals surface area contributed by atoms with E-state index in [0.29, 0.717) is 34.0 Å². The molecular weight excluding hydrogens is 309 g/mol. The standard InChI is InChI=1S/C14H9F3N6/c1-7-20-12-10(18-6-19-12)13-21-11(22-23(7)13)8-2-4-9(5-3-8)14(15,16)17/h2-6H,1H3,(H,18,19). The molecule has 0 aliphatic heterocycles. The van der Waals surface area contributed by atoms with Gasteiger partial charge in [0.2, 0.25) is 0 Å². The number of fused-ring (bicyclic) bond motifs is 3. The number of aromatic amines is 1. The number of aryl methyl sites for hydroxylation is 1. The van der Waals surface area contributed by atoms with Crippen LogP contribution in [0.5, 0.6) is 0 Å².